The number of carbonyl (C=O) groups excluding carboxylic acids is 4. The predicted molar refractivity (Wildman–Crippen MR) is 108 cm³/mol. The van der Waals surface area contributed by atoms with Crippen LogP contribution < -0.4 is 16.0 Å². The van der Waals surface area contributed by atoms with Gasteiger partial charge < -0.3 is 15.5 Å². The average Bonchev–Trinajstić information content (AvgIpc) is 3.06. The van der Waals surface area contributed by atoms with Crippen LogP contribution in [0.1, 0.15) is 40.7 Å². The zero-order chi connectivity index (χ0) is 21.1. The molecule has 3 N–H and O–H groups in total. The topological polar surface area (TPSA) is 111 Å². The van der Waals surface area contributed by atoms with Gasteiger partial charge in [0.15, 0.2) is 0 Å². The molecule has 0 spiro atoms. The Hall–Kier alpha value is -2.78. The van der Waals surface area contributed by atoms with E-state index in [-0.39, 0.29) is 24.1 Å². The maximum Gasteiger partial charge on any atom is 0.255 e. The number of hydrogen-bond acceptors (Lipinski definition) is 6. The molecule has 0 aliphatic carbocycles. The molecule has 9 nitrogen and oxygen atoms in total. The molecule has 2 fully saturated rings. The molecule has 4 amide bonds. The van der Waals surface area contributed by atoms with Crippen LogP contribution in [0.15, 0.2) is 18.2 Å². The Labute approximate surface area is 175 Å². The second kappa shape index (κ2) is 8.93. The number of amides is 4. The molecule has 9 heteroatoms. The van der Waals surface area contributed by atoms with E-state index in [1.54, 1.807) is 11.0 Å². The quantitative estimate of drug-likeness (QED) is 0.569. The smallest absolute Gasteiger partial charge is 0.255 e. The standard InChI is InChI=1S/C21H27N5O4/c27-18-6-10-25(11-9-22-7-8-23-18)12-14-2-1-3-15-16(14)13-26(21(15)30)17-4-5-19(28)24-20(17)29/h1-3,17,22H,4-13H2,(H,23,27)(H,24,28,29). The van der Waals surface area contributed by atoms with Crippen LogP contribution in [-0.2, 0) is 27.5 Å². The summed E-state index contributed by atoms with van der Waals surface area (Å²) in [5.74, 6) is -0.811. The van der Waals surface area contributed by atoms with Crippen LogP contribution in [0.3, 0.4) is 0 Å². The van der Waals surface area contributed by atoms with E-state index < -0.39 is 11.9 Å². The Balaban J connectivity index is 1.50. The first-order valence-corrected chi connectivity index (χ1v) is 10.5. The summed E-state index contributed by atoms with van der Waals surface area (Å²) >= 11 is 0. The van der Waals surface area contributed by atoms with Crippen LogP contribution in [0.2, 0.25) is 0 Å². The Morgan fingerprint density at radius 2 is 1.83 bits per heavy atom. The SMILES string of the molecule is O=C1CCN(Cc2cccc3c2CN(C2CCC(=O)NC2=O)C3=O)CCNCCN1. The van der Waals surface area contributed by atoms with Crippen molar-refractivity contribution in [1.82, 2.24) is 25.8 Å². The molecule has 4 rings (SSSR count). The highest BCUT2D eigenvalue weighted by atomic mass is 16.2. The second-order valence-corrected chi connectivity index (χ2v) is 7.97. The van der Waals surface area contributed by atoms with Gasteiger partial charge in [0.1, 0.15) is 6.04 Å². The molecule has 1 atom stereocenters. The Morgan fingerprint density at radius 3 is 2.67 bits per heavy atom. The summed E-state index contributed by atoms with van der Waals surface area (Å²) in [4.78, 5) is 52.4. The number of nitrogens with one attached hydrogen (secondary N) is 3. The molecule has 160 valence electrons. The van der Waals surface area contributed by atoms with Gasteiger partial charge in [0.05, 0.1) is 0 Å². The average molecular weight is 413 g/mol. The summed E-state index contributed by atoms with van der Waals surface area (Å²) in [5, 5.41) is 8.55. The minimum Gasteiger partial charge on any atom is -0.355 e. The third kappa shape index (κ3) is 4.36. The van der Waals surface area contributed by atoms with E-state index in [1.807, 2.05) is 12.1 Å². The van der Waals surface area contributed by atoms with Crippen LogP contribution in [-0.4, -0.2) is 72.2 Å². The minimum atomic E-state index is -0.614. The lowest BCUT2D eigenvalue weighted by atomic mass is 10.0. The van der Waals surface area contributed by atoms with E-state index in [2.05, 4.69) is 20.9 Å². The van der Waals surface area contributed by atoms with Gasteiger partial charge in [0.2, 0.25) is 17.7 Å². The zero-order valence-electron chi connectivity index (χ0n) is 16.9. The number of rotatable bonds is 3. The van der Waals surface area contributed by atoms with E-state index in [4.69, 9.17) is 0 Å². The maximum absolute atomic E-state index is 13.0. The number of hydrogen-bond donors (Lipinski definition) is 3. The Morgan fingerprint density at radius 1 is 0.967 bits per heavy atom. The first-order valence-electron chi connectivity index (χ1n) is 10.5. The highest BCUT2D eigenvalue weighted by molar-refractivity contribution is 6.05. The van der Waals surface area contributed by atoms with E-state index >= 15 is 0 Å². The van der Waals surface area contributed by atoms with E-state index in [1.165, 1.54) is 0 Å². The highest BCUT2D eigenvalue weighted by Crippen LogP contribution is 2.30. The van der Waals surface area contributed by atoms with Gasteiger partial charge in [-0.25, -0.2) is 0 Å². The lowest BCUT2D eigenvalue weighted by molar-refractivity contribution is -0.137. The van der Waals surface area contributed by atoms with Gasteiger partial charge >= 0.3 is 0 Å². The maximum atomic E-state index is 13.0. The minimum absolute atomic E-state index is 0.0428. The molecule has 3 aliphatic rings. The van der Waals surface area contributed by atoms with Crippen LogP contribution in [0.4, 0.5) is 0 Å². The van der Waals surface area contributed by atoms with Crippen molar-refractivity contribution < 1.29 is 19.2 Å². The van der Waals surface area contributed by atoms with Crippen molar-refractivity contribution in [2.24, 2.45) is 0 Å². The number of carbonyl (C=O) groups is 4. The summed E-state index contributed by atoms with van der Waals surface area (Å²) in [6.45, 7) is 4.66. The fourth-order valence-electron chi connectivity index (χ4n) is 4.31. The van der Waals surface area contributed by atoms with Crippen molar-refractivity contribution in [2.75, 3.05) is 32.7 Å². The Bertz CT molecular complexity index is 871. The van der Waals surface area contributed by atoms with Crippen molar-refractivity contribution in [1.29, 1.82) is 0 Å². The fourth-order valence-corrected chi connectivity index (χ4v) is 4.31. The van der Waals surface area contributed by atoms with Gasteiger partial charge in [-0.2, -0.15) is 0 Å². The zero-order valence-corrected chi connectivity index (χ0v) is 16.9. The van der Waals surface area contributed by atoms with E-state index in [9.17, 15) is 19.2 Å². The Kier molecular flexibility index (Phi) is 6.10. The van der Waals surface area contributed by atoms with Crippen LogP contribution in [0.25, 0.3) is 0 Å². The molecule has 0 aromatic heterocycles. The monoisotopic (exact) mass is 413 g/mol. The number of piperidine rings is 1. The number of benzene rings is 1. The summed E-state index contributed by atoms with van der Waals surface area (Å²) in [7, 11) is 0. The largest absolute Gasteiger partial charge is 0.355 e. The van der Waals surface area contributed by atoms with Crippen LogP contribution in [0, 0.1) is 0 Å². The van der Waals surface area contributed by atoms with E-state index in [0.29, 0.717) is 44.6 Å². The number of imide groups is 1. The number of fused-ring (bicyclic) bond motifs is 1. The predicted octanol–water partition coefficient (Wildman–Crippen LogP) is -0.641. The normalized spacial score (nSPS) is 23.7. The van der Waals surface area contributed by atoms with Crippen molar-refractivity contribution in [2.45, 2.75) is 38.4 Å². The molecule has 1 aromatic rings. The first kappa shape index (κ1) is 20.5. The molecule has 3 heterocycles. The molecule has 0 saturated carbocycles. The van der Waals surface area contributed by atoms with Gasteiger partial charge in [0, 0.05) is 64.2 Å². The third-order valence-corrected chi connectivity index (χ3v) is 5.96. The lowest BCUT2D eigenvalue weighted by Gasteiger charge is -2.29. The van der Waals surface area contributed by atoms with Crippen molar-refractivity contribution in [3.05, 3.63) is 34.9 Å². The van der Waals surface area contributed by atoms with Gasteiger partial charge in [-0.1, -0.05) is 12.1 Å². The van der Waals surface area contributed by atoms with Crippen molar-refractivity contribution >= 4 is 23.6 Å². The lowest BCUT2D eigenvalue weighted by Crippen LogP contribution is -2.52. The van der Waals surface area contributed by atoms with Crippen molar-refractivity contribution in [3.63, 3.8) is 0 Å². The third-order valence-electron chi connectivity index (χ3n) is 5.96. The molecule has 0 radical (unpaired) electrons. The first-order chi connectivity index (χ1) is 14.5. The molecular formula is C21H27N5O4. The number of nitrogens with zero attached hydrogens (tertiary/aromatic N) is 2. The molecule has 1 aromatic carbocycles. The van der Waals surface area contributed by atoms with Crippen LogP contribution in [0.5, 0.6) is 0 Å². The highest BCUT2D eigenvalue weighted by Gasteiger charge is 2.39. The fraction of sp³-hybridized carbons (Fsp3) is 0.524. The van der Waals surface area contributed by atoms with Gasteiger partial charge in [-0.3, -0.25) is 29.4 Å². The van der Waals surface area contributed by atoms with E-state index in [0.717, 1.165) is 30.8 Å². The molecule has 3 aliphatic heterocycles. The second-order valence-electron chi connectivity index (χ2n) is 7.97. The summed E-state index contributed by atoms with van der Waals surface area (Å²) in [6, 6.07) is 5.06. The van der Waals surface area contributed by atoms with Crippen molar-refractivity contribution in [3.8, 4) is 0 Å². The van der Waals surface area contributed by atoms with Gasteiger partial charge in [-0.15, -0.1) is 0 Å². The molecule has 30 heavy (non-hydrogen) atoms. The van der Waals surface area contributed by atoms with Crippen LogP contribution >= 0.6 is 0 Å². The summed E-state index contributed by atoms with van der Waals surface area (Å²) in [6.07, 6.45) is 1.04. The molecule has 0 bridgehead atoms. The summed E-state index contributed by atoms with van der Waals surface area (Å²) in [5.41, 5.74) is 2.59. The summed E-state index contributed by atoms with van der Waals surface area (Å²) < 4.78 is 0. The molecule has 2 saturated heterocycles. The van der Waals surface area contributed by atoms with Gasteiger partial charge in [0.25, 0.3) is 5.91 Å². The van der Waals surface area contributed by atoms with Gasteiger partial charge in [-0.05, 0) is 23.6 Å². The molecular weight excluding hydrogens is 386 g/mol. The molecule has 1 unspecified atom stereocenters.